The second-order valence-electron chi connectivity index (χ2n) is 6.98. The highest BCUT2D eigenvalue weighted by Crippen LogP contribution is 2.23. The van der Waals surface area contributed by atoms with Gasteiger partial charge in [0.2, 0.25) is 0 Å². The van der Waals surface area contributed by atoms with E-state index in [9.17, 15) is 4.79 Å². The van der Waals surface area contributed by atoms with Gasteiger partial charge >= 0.3 is 0 Å². The summed E-state index contributed by atoms with van der Waals surface area (Å²) in [5.74, 6) is 1.38. The number of nitrogens with two attached hydrogens (primary N) is 1. The van der Waals surface area contributed by atoms with Gasteiger partial charge in [-0.25, -0.2) is 9.97 Å². The molecule has 27 heavy (non-hydrogen) atoms. The standard InChI is InChI=1S/C21H25N5O/c1-14(2)26(13-19-23-9-10-25(19)4)21(27)17-7-5-16(6-8-17)18-11-15(3)20(22)24-12-18/h5-12,14H,13H2,1-4H3,(H2,22,24). The van der Waals surface area contributed by atoms with Crippen LogP contribution in [-0.2, 0) is 13.6 Å². The number of amides is 1. The van der Waals surface area contributed by atoms with Gasteiger partial charge in [-0.3, -0.25) is 4.79 Å². The van der Waals surface area contributed by atoms with E-state index in [0.29, 0.717) is 17.9 Å². The van der Waals surface area contributed by atoms with Gasteiger partial charge in [0.1, 0.15) is 11.6 Å². The molecule has 2 N–H and O–H groups in total. The maximum absolute atomic E-state index is 13.0. The van der Waals surface area contributed by atoms with Crippen LogP contribution in [0.1, 0.15) is 35.6 Å². The van der Waals surface area contributed by atoms with Crippen molar-refractivity contribution in [2.45, 2.75) is 33.4 Å². The Bertz CT molecular complexity index is 943. The summed E-state index contributed by atoms with van der Waals surface area (Å²) in [6.07, 6.45) is 5.38. The molecule has 140 valence electrons. The molecule has 0 aliphatic rings. The number of imidazole rings is 1. The van der Waals surface area contributed by atoms with Gasteiger partial charge in [0.05, 0.1) is 6.54 Å². The predicted molar refractivity (Wildman–Crippen MR) is 107 cm³/mol. The molecule has 0 bridgehead atoms. The number of anilines is 1. The summed E-state index contributed by atoms with van der Waals surface area (Å²) in [5, 5.41) is 0. The normalized spacial score (nSPS) is 11.0. The summed E-state index contributed by atoms with van der Waals surface area (Å²) in [6.45, 7) is 6.43. The SMILES string of the molecule is Cc1cc(-c2ccc(C(=O)N(Cc3nccn3C)C(C)C)cc2)cnc1N. The Balaban J connectivity index is 1.82. The van der Waals surface area contributed by atoms with Crippen LogP contribution in [0.15, 0.2) is 48.9 Å². The first-order chi connectivity index (χ1) is 12.9. The quantitative estimate of drug-likeness (QED) is 0.753. The summed E-state index contributed by atoms with van der Waals surface area (Å²) >= 11 is 0. The maximum Gasteiger partial charge on any atom is 0.254 e. The van der Waals surface area contributed by atoms with E-state index in [1.54, 1.807) is 12.4 Å². The Morgan fingerprint density at radius 2 is 1.89 bits per heavy atom. The van der Waals surface area contributed by atoms with Crippen LogP contribution in [0.3, 0.4) is 0 Å². The average molecular weight is 363 g/mol. The number of carbonyl (C=O) groups excluding carboxylic acids is 1. The lowest BCUT2D eigenvalue weighted by Gasteiger charge is -2.26. The van der Waals surface area contributed by atoms with Gasteiger partial charge < -0.3 is 15.2 Å². The van der Waals surface area contributed by atoms with Crippen LogP contribution in [-0.4, -0.2) is 31.4 Å². The Morgan fingerprint density at radius 1 is 1.19 bits per heavy atom. The lowest BCUT2D eigenvalue weighted by Crippen LogP contribution is -2.37. The molecule has 0 unspecified atom stereocenters. The number of nitrogen functional groups attached to an aromatic ring is 1. The van der Waals surface area contributed by atoms with E-state index in [2.05, 4.69) is 9.97 Å². The monoisotopic (exact) mass is 363 g/mol. The molecule has 2 heterocycles. The van der Waals surface area contributed by atoms with Crippen molar-refractivity contribution in [1.29, 1.82) is 0 Å². The number of benzene rings is 1. The van der Waals surface area contributed by atoms with E-state index in [-0.39, 0.29) is 11.9 Å². The van der Waals surface area contributed by atoms with Crippen LogP contribution in [0.5, 0.6) is 0 Å². The van der Waals surface area contributed by atoms with Crippen molar-refractivity contribution in [2.75, 3.05) is 5.73 Å². The molecule has 3 rings (SSSR count). The highest BCUT2D eigenvalue weighted by atomic mass is 16.2. The Morgan fingerprint density at radius 3 is 2.44 bits per heavy atom. The number of hydrogen-bond donors (Lipinski definition) is 1. The van der Waals surface area contributed by atoms with E-state index in [1.165, 1.54) is 0 Å². The Kier molecular flexibility index (Phi) is 5.26. The largest absolute Gasteiger partial charge is 0.383 e. The summed E-state index contributed by atoms with van der Waals surface area (Å²) in [7, 11) is 1.93. The lowest BCUT2D eigenvalue weighted by molar-refractivity contribution is 0.0683. The highest BCUT2D eigenvalue weighted by molar-refractivity contribution is 5.94. The molecular weight excluding hydrogens is 338 g/mol. The molecule has 0 saturated heterocycles. The number of rotatable bonds is 5. The third-order valence-electron chi connectivity index (χ3n) is 4.70. The average Bonchev–Trinajstić information content (AvgIpc) is 3.06. The number of carbonyl (C=O) groups is 1. The number of hydrogen-bond acceptors (Lipinski definition) is 4. The molecule has 0 aliphatic carbocycles. The van der Waals surface area contributed by atoms with Gasteiger partial charge in [-0.05, 0) is 50.1 Å². The topological polar surface area (TPSA) is 77.0 Å². The Labute approximate surface area is 159 Å². The Hall–Kier alpha value is -3.15. The van der Waals surface area contributed by atoms with Crippen LogP contribution >= 0.6 is 0 Å². The number of pyridine rings is 1. The van der Waals surface area contributed by atoms with Crippen molar-refractivity contribution in [3.63, 3.8) is 0 Å². The third-order valence-corrected chi connectivity index (χ3v) is 4.70. The first-order valence-electron chi connectivity index (χ1n) is 8.96. The van der Waals surface area contributed by atoms with Crippen molar-refractivity contribution in [2.24, 2.45) is 7.05 Å². The van der Waals surface area contributed by atoms with Crippen LogP contribution < -0.4 is 5.73 Å². The molecule has 2 aromatic heterocycles. The molecule has 0 aliphatic heterocycles. The van der Waals surface area contributed by atoms with E-state index >= 15 is 0 Å². The smallest absolute Gasteiger partial charge is 0.254 e. The minimum atomic E-state index is -0.00818. The highest BCUT2D eigenvalue weighted by Gasteiger charge is 2.20. The zero-order valence-corrected chi connectivity index (χ0v) is 16.2. The van der Waals surface area contributed by atoms with E-state index in [1.807, 2.05) is 73.8 Å². The number of aryl methyl sites for hydroxylation is 2. The fourth-order valence-corrected chi connectivity index (χ4v) is 2.90. The minimum absolute atomic E-state index is 0.00818. The van der Waals surface area contributed by atoms with Gasteiger partial charge in [-0.2, -0.15) is 0 Å². The minimum Gasteiger partial charge on any atom is -0.383 e. The fourth-order valence-electron chi connectivity index (χ4n) is 2.90. The molecule has 0 atom stereocenters. The summed E-state index contributed by atoms with van der Waals surface area (Å²) in [6, 6.07) is 9.67. The van der Waals surface area contributed by atoms with E-state index < -0.39 is 0 Å². The van der Waals surface area contributed by atoms with Crippen LogP contribution in [0.4, 0.5) is 5.82 Å². The third kappa shape index (κ3) is 4.00. The molecule has 0 radical (unpaired) electrons. The first kappa shape index (κ1) is 18.6. The molecule has 0 fully saturated rings. The molecular formula is C21H25N5O. The van der Waals surface area contributed by atoms with Gasteiger partial charge in [-0.15, -0.1) is 0 Å². The van der Waals surface area contributed by atoms with Crippen LogP contribution in [0.25, 0.3) is 11.1 Å². The lowest BCUT2D eigenvalue weighted by atomic mass is 10.0. The van der Waals surface area contributed by atoms with Gasteiger partial charge in [0, 0.05) is 42.8 Å². The predicted octanol–water partition coefficient (Wildman–Crippen LogP) is 3.42. The van der Waals surface area contributed by atoms with Crippen molar-refractivity contribution in [1.82, 2.24) is 19.4 Å². The van der Waals surface area contributed by atoms with Gasteiger partial charge in [0.15, 0.2) is 0 Å². The number of nitrogens with zero attached hydrogens (tertiary/aromatic N) is 4. The van der Waals surface area contributed by atoms with Crippen molar-refractivity contribution < 1.29 is 4.79 Å². The zero-order valence-electron chi connectivity index (χ0n) is 16.2. The van der Waals surface area contributed by atoms with Crippen LogP contribution in [0.2, 0.25) is 0 Å². The molecule has 6 heteroatoms. The fraction of sp³-hybridized carbons (Fsp3) is 0.286. The van der Waals surface area contributed by atoms with Crippen molar-refractivity contribution in [3.05, 3.63) is 65.9 Å². The van der Waals surface area contributed by atoms with E-state index in [0.717, 1.165) is 22.5 Å². The maximum atomic E-state index is 13.0. The molecule has 6 nitrogen and oxygen atoms in total. The zero-order chi connectivity index (χ0) is 19.6. The molecule has 3 aromatic rings. The second-order valence-corrected chi connectivity index (χ2v) is 6.98. The van der Waals surface area contributed by atoms with Gasteiger partial charge in [-0.1, -0.05) is 12.1 Å². The molecule has 1 amide bonds. The summed E-state index contributed by atoms with van der Waals surface area (Å²) in [5.41, 5.74) is 9.37. The molecule has 1 aromatic carbocycles. The number of aromatic nitrogens is 3. The molecule has 0 saturated carbocycles. The summed E-state index contributed by atoms with van der Waals surface area (Å²) in [4.78, 5) is 23.4. The second kappa shape index (κ2) is 7.61. The van der Waals surface area contributed by atoms with Gasteiger partial charge in [0.25, 0.3) is 5.91 Å². The van der Waals surface area contributed by atoms with Crippen LogP contribution in [0, 0.1) is 6.92 Å². The summed E-state index contributed by atoms with van der Waals surface area (Å²) < 4.78 is 1.93. The van der Waals surface area contributed by atoms with E-state index in [4.69, 9.17) is 5.73 Å². The van der Waals surface area contributed by atoms with Crippen molar-refractivity contribution in [3.8, 4) is 11.1 Å². The van der Waals surface area contributed by atoms with Crippen molar-refractivity contribution >= 4 is 11.7 Å². The first-order valence-corrected chi connectivity index (χ1v) is 8.96. The molecule has 0 spiro atoms.